The largest absolute Gasteiger partial charge is 0.303 e. The van der Waals surface area contributed by atoms with Crippen molar-refractivity contribution in [2.45, 2.75) is 59.5 Å². The smallest absolute Gasteiger partial charge is 0.271 e. The SMILES string of the molecule is CC(C)C1=C(c2ccc3nccc(C(C)C)c3c2)C=CC2N=C(c3ccc4ncc(C(C)C)n4c3)C=[N+]12. The summed E-state index contributed by atoms with van der Waals surface area (Å²) in [7, 11) is 0. The Balaban J connectivity index is 1.45. The Morgan fingerprint density at radius 2 is 1.68 bits per heavy atom. The zero-order valence-corrected chi connectivity index (χ0v) is 22.5. The molecule has 4 aromatic rings. The minimum absolute atomic E-state index is 0.0208. The van der Waals surface area contributed by atoms with E-state index < -0.39 is 0 Å². The second-order valence-corrected chi connectivity index (χ2v) is 11.0. The van der Waals surface area contributed by atoms with E-state index in [2.05, 4.69) is 121 Å². The molecule has 37 heavy (non-hydrogen) atoms. The first kappa shape index (κ1) is 23.5. The summed E-state index contributed by atoms with van der Waals surface area (Å²) in [6, 6.07) is 13.1. The number of pyridine rings is 2. The van der Waals surface area contributed by atoms with Crippen LogP contribution in [0.2, 0.25) is 0 Å². The molecule has 1 unspecified atom stereocenters. The number of nitrogens with zero attached hydrogens (tertiary/aromatic N) is 5. The number of allylic oxidation sites excluding steroid dienone is 3. The average molecular weight is 489 g/mol. The molecule has 0 aliphatic carbocycles. The molecule has 5 heterocycles. The van der Waals surface area contributed by atoms with E-state index >= 15 is 0 Å². The highest BCUT2D eigenvalue weighted by Gasteiger charge is 2.36. The number of imidazole rings is 1. The van der Waals surface area contributed by atoms with E-state index in [0.717, 1.165) is 22.4 Å². The van der Waals surface area contributed by atoms with Crippen molar-refractivity contribution in [2.75, 3.05) is 0 Å². The van der Waals surface area contributed by atoms with Crippen LogP contribution in [-0.2, 0) is 0 Å². The fourth-order valence-corrected chi connectivity index (χ4v) is 5.62. The lowest BCUT2D eigenvalue weighted by atomic mass is 9.91. The first-order valence-electron chi connectivity index (χ1n) is 13.3. The second-order valence-electron chi connectivity index (χ2n) is 11.0. The van der Waals surface area contributed by atoms with E-state index in [1.54, 1.807) is 0 Å². The lowest BCUT2D eigenvalue weighted by molar-refractivity contribution is -0.501. The lowest BCUT2D eigenvalue weighted by Crippen LogP contribution is -2.26. The minimum atomic E-state index is -0.0208. The summed E-state index contributed by atoms with van der Waals surface area (Å²) >= 11 is 0. The van der Waals surface area contributed by atoms with Gasteiger partial charge in [0.15, 0.2) is 11.9 Å². The van der Waals surface area contributed by atoms with Gasteiger partial charge in [0.25, 0.3) is 6.17 Å². The fourth-order valence-electron chi connectivity index (χ4n) is 5.62. The summed E-state index contributed by atoms with van der Waals surface area (Å²) in [6.07, 6.45) is 12.8. The molecule has 0 amide bonds. The molecular weight excluding hydrogens is 454 g/mol. The molecule has 0 fully saturated rings. The van der Waals surface area contributed by atoms with Gasteiger partial charge in [-0.05, 0) is 59.4 Å². The van der Waals surface area contributed by atoms with Gasteiger partial charge in [-0.25, -0.2) is 9.98 Å². The fraction of sp³-hybridized carbons (Fsp3) is 0.312. The predicted molar refractivity (Wildman–Crippen MR) is 153 cm³/mol. The molecule has 5 nitrogen and oxygen atoms in total. The number of rotatable bonds is 5. The van der Waals surface area contributed by atoms with Crippen molar-refractivity contribution < 1.29 is 4.58 Å². The first-order valence-corrected chi connectivity index (χ1v) is 13.3. The Kier molecular flexibility index (Phi) is 5.67. The Morgan fingerprint density at radius 3 is 2.43 bits per heavy atom. The van der Waals surface area contributed by atoms with Crippen molar-refractivity contribution in [3.8, 4) is 0 Å². The Bertz CT molecular complexity index is 1660. The molecule has 0 saturated heterocycles. The molecule has 0 bridgehead atoms. The van der Waals surface area contributed by atoms with Crippen molar-refractivity contribution in [3.63, 3.8) is 0 Å². The number of hydrogen-bond donors (Lipinski definition) is 0. The normalized spacial score (nSPS) is 17.5. The number of benzene rings is 1. The van der Waals surface area contributed by atoms with Gasteiger partial charge < -0.3 is 4.40 Å². The number of aromatic nitrogens is 3. The van der Waals surface area contributed by atoms with Gasteiger partial charge in [-0.15, -0.1) is 0 Å². The summed E-state index contributed by atoms with van der Waals surface area (Å²) in [4.78, 5) is 14.3. The van der Waals surface area contributed by atoms with Crippen LogP contribution in [-0.4, -0.2) is 37.0 Å². The summed E-state index contributed by atoms with van der Waals surface area (Å²) < 4.78 is 4.55. The molecule has 0 radical (unpaired) electrons. The maximum Gasteiger partial charge on any atom is 0.271 e. The summed E-state index contributed by atoms with van der Waals surface area (Å²) in [5.41, 5.74) is 10.5. The summed E-state index contributed by atoms with van der Waals surface area (Å²) in [5, 5.41) is 1.23. The van der Waals surface area contributed by atoms with E-state index in [9.17, 15) is 0 Å². The lowest BCUT2D eigenvalue weighted by Gasteiger charge is -2.19. The van der Waals surface area contributed by atoms with Crippen LogP contribution in [0.4, 0.5) is 0 Å². The van der Waals surface area contributed by atoms with Crippen LogP contribution >= 0.6 is 0 Å². The van der Waals surface area contributed by atoms with E-state index in [4.69, 9.17) is 4.99 Å². The van der Waals surface area contributed by atoms with Crippen molar-refractivity contribution in [2.24, 2.45) is 10.9 Å². The highest BCUT2D eigenvalue weighted by Crippen LogP contribution is 2.35. The van der Waals surface area contributed by atoms with Gasteiger partial charge in [0.1, 0.15) is 11.4 Å². The van der Waals surface area contributed by atoms with Crippen LogP contribution in [0.15, 0.2) is 77.8 Å². The Morgan fingerprint density at radius 1 is 0.865 bits per heavy atom. The van der Waals surface area contributed by atoms with Gasteiger partial charge in [0.05, 0.1) is 5.52 Å². The molecular formula is C32H34N5+. The minimum Gasteiger partial charge on any atom is -0.303 e. The standard InChI is InChI=1S/C32H34N5/c1-19(2)24-13-14-33-27-10-7-22(15-26(24)27)25-9-12-31-35-28(18-37(31)32(25)21(5)6)23-8-11-30-34-16-29(20(3)4)36(30)17-23/h7-21,31H,1-6H3/q+1. The Hall–Kier alpha value is -3.86. The zero-order valence-electron chi connectivity index (χ0n) is 22.5. The van der Waals surface area contributed by atoms with Crippen LogP contribution in [0, 0.1) is 5.92 Å². The van der Waals surface area contributed by atoms with Crippen LogP contribution in [0.5, 0.6) is 0 Å². The van der Waals surface area contributed by atoms with Gasteiger partial charge >= 0.3 is 0 Å². The van der Waals surface area contributed by atoms with Crippen LogP contribution in [0.1, 0.15) is 75.8 Å². The van der Waals surface area contributed by atoms with Crippen molar-refractivity contribution >= 4 is 34.0 Å². The van der Waals surface area contributed by atoms with Crippen molar-refractivity contribution in [3.05, 3.63) is 95.2 Å². The maximum atomic E-state index is 5.12. The molecule has 6 rings (SSSR count). The second kappa shape index (κ2) is 8.91. The highest BCUT2D eigenvalue weighted by atomic mass is 15.2. The highest BCUT2D eigenvalue weighted by molar-refractivity contribution is 6.37. The maximum absolute atomic E-state index is 5.12. The third kappa shape index (κ3) is 3.93. The van der Waals surface area contributed by atoms with E-state index in [0.29, 0.717) is 17.8 Å². The van der Waals surface area contributed by atoms with Gasteiger partial charge in [0, 0.05) is 52.8 Å². The average Bonchev–Trinajstić information content (AvgIpc) is 3.51. The molecule has 2 aliphatic rings. The first-order chi connectivity index (χ1) is 17.8. The molecule has 1 atom stereocenters. The predicted octanol–water partition coefficient (Wildman–Crippen LogP) is 6.98. The number of aliphatic imine (C=N–C) groups is 1. The van der Waals surface area contributed by atoms with Gasteiger partial charge in [-0.3, -0.25) is 4.98 Å². The molecule has 0 N–H and O–H groups in total. The summed E-state index contributed by atoms with van der Waals surface area (Å²) in [6.45, 7) is 13.4. The van der Waals surface area contributed by atoms with Gasteiger partial charge in [-0.1, -0.05) is 47.6 Å². The monoisotopic (exact) mass is 488 g/mol. The zero-order chi connectivity index (χ0) is 25.8. The molecule has 5 heteroatoms. The van der Waals surface area contributed by atoms with E-state index in [-0.39, 0.29) is 6.17 Å². The molecule has 1 aromatic carbocycles. The topological polar surface area (TPSA) is 45.6 Å². The third-order valence-corrected chi connectivity index (χ3v) is 7.48. The third-order valence-electron chi connectivity index (χ3n) is 7.48. The quantitative estimate of drug-likeness (QED) is 0.285. The molecule has 186 valence electrons. The van der Waals surface area contributed by atoms with Crippen molar-refractivity contribution in [1.82, 2.24) is 14.4 Å². The van der Waals surface area contributed by atoms with E-state index in [1.807, 2.05) is 12.4 Å². The molecule has 0 saturated carbocycles. The van der Waals surface area contributed by atoms with Crippen LogP contribution < -0.4 is 0 Å². The van der Waals surface area contributed by atoms with E-state index in [1.165, 1.54) is 33.5 Å². The number of hydrogen-bond acceptors (Lipinski definition) is 3. The van der Waals surface area contributed by atoms with Crippen LogP contribution in [0.3, 0.4) is 0 Å². The molecule has 2 aliphatic heterocycles. The Labute approximate surface area is 218 Å². The van der Waals surface area contributed by atoms with Gasteiger partial charge in [0.2, 0.25) is 0 Å². The van der Waals surface area contributed by atoms with Crippen LogP contribution in [0.25, 0.3) is 22.1 Å². The molecule has 3 aromatic heterocycles. The summed E-state index contributed by atoms with van der Waals surface area (Å²) in [5.74, 6) is 1.18. The number of fused-ring (bicyclic) bond motifs is 3. The molecule has 0 spiro atoms. The van der Waals surface area contributed by atoms with Gasteiger partial charge in [-0.2, -0.15) is 4.58 Å². The van der Waals surface area contributed by atoms with Crippen molar-refractivity contribution in [1.29, 1.82) is 0 Å².